The second kappa shape index (κ2) is 6.98. The number of hydrogen-bond donors (Lipinski definition) is 1. The normalized spacial score (nSPS) is 10.7. The molecule has 0 unspecified atom stereocenters. The number of aromatic nitrogens is 3. The van der Waals surface area contributed by atoms with E-state index < -0.39 is 0 Å². The van der Waals surface area contributed by atoms with Crippen LogP contribution < -0.4 is 10.1 Å². The van der Waals surface area contributed by atoms with E-state index in [9.17, 15) is 0 Å². The van der Waals surface area contributed by atoms with Crippen LogP contribution in [0.2, 0.25) is 5.02 Å². The molecule has 0 atom stereocenters. The lowest BCUT2D eigenvalue weighted by molar-refractivity contribution is 0.398. The number of anilines is 2. The summed E-state index contributed by atoms with van der Waals surface area (Å²) in [5.74, 6) is 1.75. The summed E-state index contributed by atoms with van der Waals surface area (Å²) >= 11 is 5.97. The number of benzene rings is 2. The molecule has 5 nitrogen and oxygen atoms in total. The standard InChI is InChI=1S/C20H15ClN4O/c1-26-18-8-4-7-17(23-18)20-24-16-6-3-2-5-15(16)19(25-20)22-14-11-9-13(21)10-12-14/h2-12H,1H3,(H,22,24,25). The van der Waals surface area contributed by atoms with Crippen molar-refractivity contribution >= 4 is 34.0 Å². The zero-order chi connectivity index (χ0) is 17.9. The van der Waals surface area contributed by atoms with E-state index in [1.165, 1.54) is 0 Å². The number of nitrogens with one attached hydrogen (secondary N) is 1. The largest absolute Gasteiger partial charge is 0.481 e. The van der Waals surface area contributed by atoms with Crippen LogP contribution in [0.4, 0.5) is 11.5 Å². The molecule has 4 aromatic rings. The first-order valence-electron chi connectivity index (χ1n) is 8.04. The fraction of sp³-hybridized carbons (Fsp3) is 0.0500. The predicted molar refractivity (Wildman–Crippen MR) is 104 cm³/mol. The maximum Gasteiger partial charge on any atom is 0.213 e. The number of methoxy groups -OCH3 is 1. The van der Waals surface area contributed by atoms with E-state index in [4.69, 9.17) is 21.3 Å². The second-order valence-corrected chi connectivity index (χ2v) is 6.05. The van der Waals surface area contributed by atoms with Gasteiger partial charge in [0.2, 0.25) is 5.88 Å². The van der Waals surface area contributed by atoms with Crippen molar-refractivity contribution in [1.82, 2.24) is 15.0 Å². The van der Waals surface area contributed by atoms with Crippen LogP contribution >= 0.6 is 11.6 Å². The quantitative estimate of drug-likeness (QED) is 0.547. The average Bonchev–Trinajstić information content (AvgIpc) is 2.69. The minimum absolute atomic E-state index is 0.520. The molecule has 0 saturated carbocycles. The van der Waals surface area contributed by atoms with Gasteiger partial charge in [0, 0.05) is 22.2 Å². The number of hydrogen-bond acceptors (Lipinski definition) is 5. The van der Waals surface area contributed by atoms with Gasteiger partial charge in [-0.15, -0.1) is 0 Å². The highest BCUT2D eigenvalue weighted by atomic mass is 35.5. The molecule has 0 saturated heterocycles. The van der Waals surface area contributed by atoms with Gasteiger partial charge < -0.3 is 10.1 Å². The van der Waals surface area contributed by atoms with Crippen LogP contribution in [0.3, 0.4) is 0 Å². The van der Waals surface area contributed by atoms with Gasteiger partial charge in [-0.3, -0.25) is 0 Å². The highest BCUT2D eigenvalue weighted by Crippen LogP contribution is 2.27. The van der Waals surface area contributed by atoms with E-state index in [2.05, 4.69) is 15.3 Å². The molecule has 0 aliphatic rings. The summed E-state index contributed by atoms with van der Waals surface area (Å²) in [6, 6.07) is 20.8. The fourth-order valence-electron chi connectivity index (χ4n) is 2.61. The SMILES string of the molecule is COc1cccc(-c2nc(Nc3ccc(Cl)cc3)c3ccccc3n2)n1. The number of fused-ring (bicyclic) bond motifs is 1. The number of pyridine rings is 1. The van der Waals surface area contributed by atoms with Crippen LogP contribution in [-0.2, 0) is 0 Å². The molecular weight excluding hydrogens is 348 g/mol. The first-order valence-corrected chi connectivity index (χ1v) is 8.41. The highest BCUT2D eigenvalue weighted by Gasteiger charge is 2.11. The Morgan fingerprint density at radius 1 is 0.846 bits per heavy atom. The van der Waals surface area contributed by atoms with Gasteiger partial charge in [0.05, 0.1) is 12.6 Å². The van der Waals surface area contributed by atoms with Crippen molar-refractivity contribution in [2.75, 3.05) is 12.4 Å². The summed E-state index contributed by atoms with van der Waals surface area (Å²) in [5, 5.41) is 4.95. The Bertz CT molecular complexity index is 1070. The molecule has 26 heavy (non-hydrogen) atoms. The molecule has 0 aliphatic heterocycles. The fourth-order valence-corrected chi connectivity index (χ4v) is 2.74. The van der Waals surface area contributed by atoms with Crippen LogP contribution in [0.25, 0.3) is 22.4 Å². The average molecular weight is 363 g/mol. The van der Waals surface area contributed by atoms with Crippen molar-refractivity contribution in [2.24, 2.45) is 0 Å². The summed E-state index contributed by atoms with van der Waals surface area (Å²) in [6.07, 6.45) is 0. The van der Waals surface area contributed by atoms with Crippen molar-refractivity contribution in [3.8, 4) is 17.4 Å². The molecule has 0 aliphatic carbocycles. The second-order valence-electron chi connectivity index (χ2n) is 5.61. The zero-order valence-electron chi connectivity index (χ0n) is 14.0. The maximum absolute atomic E-state index is 5.97. The van der Waals surface area contributed by atoms with Crippen LogP contribution in [0, 0.1) is 0 Å². The minimum atomic E-state index is 0.520. The van der Waals surface area contributed by atoms with Gasteiger partial charge in [-0.05, 0) is 42.5 Å². The summed E-state index contributed by atoms with van der Waals surface area (Å²) in [5.41, 5.74) is 2.37. The third-order valence-corrected chi connectivity index (χ3v) is 4.12. The first kappa shape index (κ1) is 16.3. The summed E-state index contributed by atoms with van der Waals surface area (Å²) in [7, 11) is 1.58. The lowest BCUT2D eigenvalue weighted by Gasteiger charge is -2.11. The van der Waals surface area contributed by atoms with Crippen molar-refractivity contribution in [3.05, 3.63) is 71.8 Å². The van der Waals surface area contributed by atoms with Crippen molar-refractivity contribution in [2.45, 2.75) is 0 Å². The lowest BCUT2D eigenvalue weighted by Crippen LogP contribution is -2.00. The van der Waals surface area contributed by atoms with E-state index in [0.717, 1.165) is 16.6 Å². The van der Waals surface area contributed by atoms with Gasteiger partial charge >= 0.3 is 0 Å². The Morgan fingerprint density at radius 2 is 1.65 bits per heavy atom. The monoisotopic (exact) mass is 362 g/mol. The molecule has 0 bridgehead atoms. The maximum atomic E-state index is 5.97. The van der Waals surface area contributed by atoms with Crippen LogP contribution in [-0.4, -0.2) is 22.1 Å². The molecule has 0 fully saturated rings. The number of nitrogens with zero attached hydrogens (tertiary/aromatic N) is 3. The summed E-state index contributed by atoms with van der Waals surface area (Å²) in [4.78, 5) is 13.8. The first-order chi connectivity index (χ1) is 12.7. The van der Waals surface area contributed by atoms with Gasteiger partial charge in [-0.2, -0.15) is 0 Å². The van der Waals surface area contributed by atoms with Crippen LogP contribution in [0.5, 0.6) is 5.88 Å². The topological polar surface area (TPSA) is 59.9 Å². The van der Waals surface area contributed by atoms with E-state index in [1.54, 1.807) is 13.2 Å². The summed E-state index contributed by atoms with van der Waals surface area (Å²) < 4.78 is 5.21. The van der Waals surface area contributed by atoms with E-state index in [-0.39, 0.29) is 0 Å². The molecule has 128 valence electrons. The molecule has 0 amide bonds. The lowest BCUT2D eigenvalue weighted by atomic mass is 10.2. The van der Waals surface area contributed by atoms with E-state index >= 15 is 0 Å². The van der Waals surface area contributed by atoms with Crippen LogP contribution in [0.15, 0.2) is 66.7 Å². The van der Waals surface area contributed by atoms with E-state index in [1.807, 2.05) is 60.7 Å². The Hall–Kier alpha value is -3.18. The number of halogens is 1. The number of para-hydroxylation sites is 1. The molecule has 2 aromatic heterocycles. The molecular formula is C20H15ClN4O. The number of ether oxygens (including phenoxy) is 1. The third-order valence-electron chi connectivity index (χ3n) is 3.87. The molecule has 6 heteroatoms. The van der Waals surface area contributed by atoms with Gasteiger partial charge in [0.25, 0.3) is 0 Å². The van der Waals surface area contributed by atoms with Gasteiger partial charge in [0.15, 0.2) is 5.82 Å². The molecule has 2 aromatic carbocycles. The van der Waals surface area contributed by atoms with Gasteiger partial charge in [0.1, 0.15) is 11.5 Å². The summed E-state index contributed by atoms with van der Waals surface area (Å²) in [6.45, 7) is 0. The molecule has 0 spiro atoms. The van der Waals surface area contributed by atoms with Gasteiger partial charge in [-0.25, -0.2) is 15.0 Å². The smallest absolute Gasteiger partial charge is 0.213 e. The Kier molecular flexibility index (Phi) is 4.37. The molecule has 4 rings (SSSR count). The van der Waals surface area contributed by atoms with Crippen molar-refractivity contribution < 1.29 is 4.74 Å². The predicted octanol–water partition coefficient (Wildman–Crippen LogP) is 5.10. The van der Waals surface area contributed by atoms with Gasteiger partial charge in [-0.1, -0.05) is 29.8 Å². The van der Waals surface area contributed by atoms with Crippen molar-refractivity contribution in [3.63, 3.8) is 0 Å². The van der Waals surface area contributed by atoms with Crippen molar-refractivity contribution in [1.29, 1.82) is 0 Å². The number of rotatable bonds is 4. The zero-order valence-corrected chi connectivity index (χ0v) is 14.7. The Balaban J connectivity index is 1.83. The van der Waals surface area contributed by atoms with E-state index in [0.29, 0.717) is 28.2 Å². The highest BCUT2D eigenvalue weighted by molar-refractivity contribution is 6.30. The Labute approximate surface area is 155 Å². The Morgan fingerprint density at radius 3 is 2.46 bits per heavy atom. The molecule has 1 N–H and O–H groups in total. The molecule has 0 radical (unpaired) electrons. The molecule has 2 heterocycles. The minimum Gasteiger partial charge on any atom is -0.481 e. The van der Waals surface area contributed by atoms with Crippen LogP contribution in [0.1, 0.15) is 0 Å². The third kappa shape index (κ3) is 3.30.